The van der Waals surface area contributed by atoms with Crippen LogP contribution in [0.5, 0.6) is 5.75 Å². The molecule has 2 unspecified atom stereocenters. The average molecular weight is 507 g/mol. The van der Waals surface area contributed by atoms with Crippen molar-refractivity contribution in [3.05, 3.63) is 109 Å². The summed E-state index contributed by atoms with van der Waals surface area (Å²) < 4.78 is 13.0. The monoisotopic (exact) mass is 506 g/mol. The standard InChI is InChI=1S/C27H24O2P2S2/c1-21-11-3-2-10-18-28-30(32,26-16-8-5-12-22(21)26)19-20-31(33)27-17-9-6-14-24(27)23-13-4-7-15-25(23)29-31/h2-17H,1,18-20H2. The van der Waals surface area contributed by atoms with Crippen molar-refractivity contribution in [2.45, 2.75) is 0 Å². The van der Waals surface area contributed by atoms with Crippen molar-refractivity contribution >= 4 is 52.3 Å². The molecular weight excluding hydrogens is 482 g/mol. The summed E-state index contributed by atoms with van der Waals surface area (Å²) in [6.45, 7) is 4.75. The molecule has 0 radical (unpaired) electrons. The Bertz CT molecular complexity index is 1390. The number of benzene rings is 3. The Labute approximate surface area is 205 Å². The fourth-order valence-electron chi connectivity index (χ4n) is 4.26. The summed E-state index contributed by atoms with van der Waals surface area (Å²) in [6, 6.07) is 24.8. The molecule has 6 heteroatoms. The van der Waals surface area contributed by atoms with Gasteiger partial charge in [0.25, 0.3) is 0 Å². The molecule has 0 aromatic heterocycles. The van der Waals surface area contributed by atoms with Crippen LogP contribution in [0.2, 0.25) is 0 Å². The zero-order valence-electron chi connectivity index (χ0n) is 18.1. The van der Waals surface area contributed by atoms with E-state index < -0.39 is 12.5 Å². The highest BCUT2D eigenvalue weighted by Crippen LogP contribution is 2.58. The molecule has 5 rings (SSSR count). The number of rotatable bonds is 3. The molecule has 0 aliphatic carbocycles. The van der Waals surface area contributed by atoms with Gasteiger partial charge in [0.1, 0.15) is 12.0 Å². The van der Waals surface area contributed by atoms with E-state index in [0.717, 1.165) is 33.1 Å². The van der Waals surface area contributed by atoms with Crippen molar-refractivity contribution in [2.24, 2.45) is 0 Å². The van der Waals surface area contributed by atoms with Crippen LogP contribution in [0.25, 0.3) is 16.7 Å². The number of hydrogen-bond acceptors (Lipinski definition) is 4. The Balaban J connectivity index is 1.54. The summed E-state index contributed by atoms with van der Waals surface area (Å²) in [5.41, 5.74) is 4.27. The van der Waals surface area contributed by atoms with Crippen molar-refractivity contribution in [3.8, 4) is 16.9 Å². The van der Waals surface area contributed by atoms with E-state index in [4.69, 9.17) is 32.7 Å². The summed E-state index contributed by atoms with van der Waals surface area (Å²) in [6.07, 6.45) is 4.61. The second-order valence-electron chi connectivity index (χ2n) is 8.02. The van der Waals surface area contributed by atoms with E-state index in [0.29, 0.717) is 18.9 Å². The second-order valence-corrected chi connectivity index (χ2v) is 16.6. The molecule has 166 valence electrons. The van der Waals surface area contributed by atoms with Crippen LogP contribution in [0, 0.1) is 0 Å². The number of allylic oxidation sites excluding steroid dienone is 4. The first-order chi connectivity index (χ1) is 16.0. The zero-order chi connectivity index (χ0) is 22.9. The molecule has 0 fully saturated rings. The van der Waals surface area contributed by atoms with Crippen molar-refractivity contribution in [3.63, 3.8) is 0 Å². The fourth-order valence-corrected chi connectivity index (χ4v) is 12.7. The molecule has 2 aliphatic rings. The predicted octanol–water partition coefficient (Wildman–Crippen LogP) is 6.64. The van der Waals surface area contributed by atoms with E-state index in [2.05, 4.69) is 43.0 Å². The molecule has 0 bridgehead atoms. The van der Waals surface area contributed by atoms with Crippen LogP contribution < -0.4 is 15.1 Å². The minimum absolute atomic E-state index is 0.478. The van der Waals surface area contributed by atoms with E-state index >= 15 is 0 Å². The molecule has 3 aromatic rings. The second kappa shape index (κ2) is 9.29. The van der Waals surface area contributed by atoms with Crippen LogP contribution in [0.3, 0.4) is 0 Å². The SMILES string of the molecule is C=C1C=CC=CCOP(=S)(CCP2(=S)Oc3ccccc3-c3ccccc32)c2ccccc21. The van der Waals surface area contributed by atoms with Gasteiger partial charge in [-0.15, -0.1) is 0 Å². The van der Waals surface area contributed by atoms with Gasteiger partial charge in [0.2, 0.25) is 0 Å². The maximum absolute atomic E-state index is 6.59. The minimum Gasteiger partial charge on any atom is -0.461 e. The molecule has 3 aromatic carbocycles. The third-order valence-corrected chi connectivity index (χ3v) is 14.0. The smallest absolute Gasteiger partial charge is 0.144 e. The highest BCUT2D eigenvalue weighted by Gasteiger charge is 2.34. The first kappa shape index (κ1) is 22.7. The summed E-state index contributed by atoms with van der Waals surface area (Å²) in [5, 5.41) is 2.19. The summed E-state index contributed by atoms with van der Waals surface area (Å²) in [7, 11) is 0. The first-order valence-corrected chi connectivity index (χ1v) is 16.6. The van der Waals surface area contributed by atoms with E-state index in [1.807, 2.05) is 60.7 Å². The third-order valence-electron chi connectivity index (χ3n) is 5.92. The molecule has 0 saturated carbocycles. The van der Waals surface area contributed by atoms with Gasteiger partial charge < -0.3 is 9.05 Å². The molecule has 0 saturated heterocycles. The molecule has 2 aliphatic heterocycles. The van der Waals surface area contributed by atoms with Crippen LogP contribution in [0.15, 0.2) is 104 Å². The first-order valence-electron chi connectivity index (χ1n) is 10.8. The molecule has 2 heterocycles. The van der Waals surface area contributed by atoms with E-state index in [9.17, 15) is 0 Å². The Kier molecular flexibility index (Phi) is 6.40. The topological polar surface area (TPSA) is 18.5 Å². The van der Waals surface area contributed by atoms with Gasteiger partial charge in [-0.05, 0) is 40.6 Å². The quantitative estimate of drug-likeness (QED) is 0.371. The molecule has 0 N–H and O–H groups in total. The van der Waals surface area contributed by atoms with Gasteiger partial charge in [-0.3, -0.25) is 0 Å². The summed E-state index contributed by atoms with van der Waals surface area (Å²) >= 11 is 12.6. The van der Waals surface area contributed by atoms with Crippen LogP contribution in [-0.2, 0) is 28.1 Å². The molecule has 0 spiro atoms. The highest BCUT2D eigenvalue weighted by molar-refractivity contribution is 8.18. The van der Waals surface area contributed by atoms with Crippen LogP contribution in [-0.4, -0.2) is 18.9 Å². The normalized spacial score (nSPS) is 23.7. The van der Waals surface area contributed by atoms with Crippen LogP contribution in [0.1, 0.15) is 5.56 Å². The third kappa shape index (κ3) is 4.39. The highest BCUT2D eigenvalue weighted by atomic mass is 32.5. The molecule has 2 atom stereocenters. The Morgan fingerprint density at radius 2 is 1.33 bits per heavy atom. The largest absolute Gasteiger partial charge is 0.461 e. The lowest BCUT2D eigenvalue weighted by atomic mass is 10.0. The lowest BCUT2D eigenvalue weighted by Crippen LogP contribution is -2.23. The maximum Gasteiger partial charge on any atom is 0.144 e. The zero-order valence-corrected chi connectivity index (χ0v) is 21.5. The summed E-state index contributed by atoms with van der Waals surface area (Å²) in [4.78, 5) is 0. The summed E-state index contributed by atoms with van der Waals surface area (Å²) in [5.74, 6) is 0.866. The fraction of sp³-hybridized carbons (Fsp3) is 0.111. The van der Waals surface area contributed by atoms with Gasteiger partial charge in [0, 0.05) is 28.5 Å². The van der Waals surface area contributed by atoms with Gasteiger partial charge in [-0.2, -0.15) is 0 Å². The van der Waals surface area contributed by atoms with Gasteiger partial charge in [0.05, 0.1) is 12.9 Å². The van der Waals surface area contributed by atoms with Crippen molar-refractivity contribution < 1.29 is 9.05 Å². The van der Waals surface area contributed by atoms with E-state index in [1.165, 1.54) is 5.56 Å². The predicted molar refractivity (Wildman–Crippen MR) is 150 cm³/mol. The van der Waals surface area contributed by atoms with E-state index in [-0.39, 0.29) is 0 Å². The van der Waals surface area contributed by atoms with Gasteiger partial charge >= 0.3 is 0 Å². The Morgan fingerprint density at radius 3 is 2.12 bits per heavy atom. The van der Waals surface area contributed by atoms with Crippen LogP contribution in [0.4, 0.5) is 0 Å². The van der Waals surface area contributed by atoms with Gasteiger partial charge in [-0.1, -0.05) is 103 Å². The maximum atomic E-state index is 6.59. The lowest BCUT2D eigenvalue weighted by Gasteiger charge is -2.34. The average Bonchev–Trinajstić information content (AvgIpc) is 2.85. The van der Waals surface area contributed by atoms with Crippen molar-refractivity contribution in [2.75, 3.05) is 18.9 Å². The van der Waals surface area contributed by atoms with Crippen molar-refractivity contribution in [1.82, 2.24) is 0 Å². The number of hydrogen-bond donors (Lipinski definition) is 0. The molecular formula is C27H24O2P2S2. The minimum atomic E-state index is -2.40. The Hall–Kier alpha value is -2.06. The number of para-hydroxylation sites is 1. The molecule has 33 heavy (non-hydrogen) atoms. The Morgan fingerprint density at radius 1 is 0.727 bits per heavy atom. The lowest BCUT2D eigenvalue weighted by molar-refractivity contribution is 0.407. The van der Waals surface area contributed by atoms with Crippen LogP contribution >= 0.6 is 12.5 Å². The van der Waals surface area contributed by atoms with Crippen molar-refractivity contribution in [1.29, 1.82) is 0 Å². The van der Waals surface area contributed by atoms with Gasteiger partial charge in [-0.25, -0.2) is 0 Å². The van der Waals surface area contributed by atoms with E-state index in [1.54, 1.807) is 0 Å². The molecule has 0 amide bonds. The van der Waals surface area contributed by atoms with Gasteiger partial charge in [0.15, 0.2) is 0 Å². The molecule has 2 nitrogen and oxygen atoms in total. The number of fused-ring (bicyclic) bond motifs is 4.